The van der Waals surface area contributed by atoms with Gasteiger partial charge in [0.25, 0.3) is 5.91 Å². The molecular weight excluding hydrogens is 356 g/mol. The maximum atomic E-state index is 12.8. The lowest BCUT2D eigenvalue weighted by Gasteiger charge is -2.24. The Bertz CT molecular complexity index is 981. The van der Waals surface area contributed by atoms with Gasteiger partial charge in [0.15, 0.2) is 5.76 Å². The van der Waals surface area contributed by atoms with Crippen molar-refractivity contribution < 1.29 is 14.0 Å². The Morgan fingerprint density at radius 2 is 1.89 bits per heavy atom. The number of fused-ring (bicyclic) bond motifs is 1. The summed E-state index contributed by atoms with van der Waals surface area (Å²) in [6, 6.07) is 9.15. The van der Waals surface area contributed by atoms with E-state index < -0.39 is 0 Å². The van der Waals surface area contributed by atoms with E-state index in [2.05, 4.69) is 9.97 Å². The Morgan fingerprint density at radius 1 is 1.07 bits per heavy atom. The van der Waals surface area contributed by atoms with E-state index in [9.17, 15) is 9.59 Å². The van der Waals surface area contributed by atoms with Crippen molar-refractivity contribution in [3.63, 3.8) is 0 Å². The topological polar surface area (TPSA) is 79.5 Å². The third kappa shape index (κ3) is 3.74. The van der Waals surface area contributed by atoms with Gasteiger partial charge in [-0.2, -0.15) is 0 Å². The van der Waals surface area contributed by atoms with Crippen molar-refractivity contribution in [3.8, 4) is 0 Å². The average Bonchev–Trinajstić information content (AvgIpc) is 3.15. The lowest BCUT2D eigenvalue weighted by molar-refractivity contribution is -0.129. The number of furan rings is 1. The molecule has 28 heavy (non-hydrogen) atoms. The first-order valence-electron chi connectivity index (χ1n) is 9.38. The van der Waals surface area contributed by atoms with Crippen LogP contribution in [0.2, 0.25) is 0 Å². The molecule has 1 atom stereocenters. The van der Waals surface area contributed by atoms with Crippen molar-refractivity contribution in [2.24, 2.45) is 5.92 Å². The molecule has 1 saturated heterocycles. The van der Waals surface area contributed by atoms with E-state index in [-0.39, 0.29) is 17.7 Å². The standard InChI is InChI=1S/C21H22N4O3/c1-15(26)24-9-10-25(21(27)19-5-3-11-28-19)14-16(13-24)12-17-6-8-22-18-4-2-7-23-20(17)18/h2-8,11,16H,9-10,12-14H2,1H3. The van der Waals surface area contributed by atoms with Gasteiger partial charge in [-0.25, -0.2) is 0 Å². The Kier molecular flexibility index (Phi) is 5.06. The number of carbonyl (C=O) groups is 2. The van der Waals surface area contributed by atoms with E-state index in [0.29, 0.717) is 38.4 Å². The molecule has 4 heterocycles. The molecule has 0 aliphatic carbocycles. The molecule has 0 saturated carbocycles. The van der Waals surface area contributed by atoms with Crippen LogP contribution in [0.4, 0.5) is 0 Å². The fourth-order valence-corrected chi connectivity index (χ4v) is 3.77. The summed E-state index contributed by atoms with van der Waals surface area (Å²) in [7, 11) is 0. The minimum atomic E-state index is -0.141. The van der Waals surface area contributed by atoms with Gasteiger partial charge >= 0.3 is 0 Å². The van der Waals surface area contributed by atoms with Crippen molar-refractivity contribution >= 4 is 22.8 Å². The number of carbonyl (C=O) groups excluding carboxylic acids is 2. The molecule has 0 spiro atoms. The molecule has 1 aliphatic heterocycles. The van der Waals surface area contributed by atoms with Crippen molar-refractivity contribution in [1.82, 2.24) is 19.8 Å². The van der Waals surface area contributed by atoms with Crippen LogP contribution in [0.3, 0.4) is 0 Å². The Morgan fingerprint density at radius 3 is 2.68 bits per heavy atom. The van der Waals surface area contributed by atoms with Crippen LogP contribution in [-0.2, 0) is 11.2 Å². The first-order valence-corrected chi connectivity index (χ1v) is 9.38. The molecule has 7 heteroatoms. The molecule has 1 unspecified atom stereocenters. The summed E-state index contributed by atoms with van der Waals surface area (Å²) in [5, 5.41) is 0. The quantitative estimate of drug-likeness (QED) is 0.699. The van der Waals surface area contributed by atoms with Crippen LogP contribution in [0.25, 0.3) is 11.0 Å². The van der Waals surface area contributed by atoms with Crippen LogP contribution in [0.5, 0.6) is 0 Å². The van der Waals surface area contributed by atoms with E-state index in [4.69, 9.17) is 4.42 Å². The SMILES string of the molecule is CC(=O)N1CCN(C(=O)c2ccco2)CC(Cc2ccnc3cccnc23)C1. The Balaban J connectivity index is 1.60. The second kappa shape index (κ2) is 7.80. The molecular formula is C21H22N4O3. The number of amides is 2. The van der Waals surface area contributed by atoms with E-state index in [0.717, 1.165) is 16.6 Å². The molecule has 3 aromatic rings. The number of pyridine rings is 2. The van der Waals surface area contributed by atoms with E-state index in [1.54, 1.807) is 36.4 Å². The van der Waals surface area contributed by atoms with Gasteiger partial charge in [-0.05, 0) is 48.2 Å². The highest BCUT2D eigenvalue weighted by Gasteiger charge is 2.29. The van der Waals surface area contributed by atoms with Crippen molar-refractivity contribution in [1.29, 1.82) is 0 Å². The highest BCUT2D eigenvalue weighted by Crippen LogP contribution is 2.21. The van der Waals surface area contributed by atoms with Crippen LogP contribution in [0.1, 0.15) is 23.0 Å². The van der Waals surface area contributed by atoms with E-state index in [1.807, 2.05) is 23.1 Å². The first kappa shape index (κ1) is 18.2. The second-order valence-corrected chi connectivity index (χ2v) is 7.10. The maximum Gasteiger partial charge on any atom is 0.289 e. The van der Waals surface area contributed by atoms with Crippen molar-refractivity contribution in [2.45, 2.75) is 13.3 Å². The summed E-state index contributed by atoms with van der Waals surface area (Å²) in [5.41, 5.74) is 2.79. The lowest BCUT2D eigenvalue weighted by Crippen LogP contribution is -2.36. The fourth-order valence-electron chi connectivity index (χ4n) is 3.77. The largest absolute Gasteiger partial charge is 0.459 e. The zero-order valence-corrected chi connectivity index (χ0v) is 15.7. The zero-order chi connectivity index (χ0) is 19.5. The summed E-state index contributed by atoms with van der Waals surface area (Å²) in [6.07, 6.45) is 5.75. The summed E-state index contributed by atoms with van der Waals surface area (Å²) < 4.78 is 5.28. The second-order valence-electron chi connectivity index (χ2n) is 7.10. The number of aromatic nitrogens is 2. The Labute approximate surface area is 163 Å². The van der Waals surface area contributed by atoms with E-state index in [1.165, 1.54) is 6.26 Å². The van der Waals surface area contributed by atoms with Gasteiger partial charge in [-0.1, -0.05) is 0 Å². The van der Waals surface area contributed by atoms with E-state index >= 15 is 0 Å². The molecule has 0 N–H and O–H groups in total. The van der Waals surface area contributed by atoms with Crippen LogP contribution in [0.15, 0.2) is 53.4 Å². The third-order valence-electron chi connectivity index (χ3n) is 5.15. The number of nitrogens with zero attached hydrogens (tertiary/aromatic N) is 4. The highest BCUT2D eigenvalue weighted by atomic mass is 16.3. The van der Waals surface area contributed by atoms with Gasteiger partial charge < -0.3 is 14.2 Å². The normalized spacial score (nSPS) is 17.5. The van der Waals surface area contributed by atoms with Crippen molar-refractivity contribution in [3.05, 3.63) is 60.3 Å². The molecule has 3 aromatic heterocycles. The smallest absolute Gasteiger partial charge is 0.289 e. The van der Waals surface area contributed by atoms with Crippen LogP contribution in [-0.4, -0.2) is 57.8 Å². The monoisotopic (exact) mass is 378 g/mol. The number of hydrogen-bond acceptors (Lipinski definition) is 5. The minimum absolute atomic E-state index is 0.0232. The van der Waals surface area contributed by atoms with Crippen molar-refractivity contribution in [2.75, 3.05) is 26.2 Å². The molecule has 0 radical (unpaired) electrons. The van der Waals surface area contributed by atoms with Gasteiger partial charge in [0.1, 0.15) is 0 Å². The number of rotatable bonds is 3. The highest BCUT2D eigenvalue weighted by molar-refractivity contribution is 5.91. The minimum Gasteiger partial charge on any atom is -0.459 e. The summed E-state index contributed by atoms with van der Waals surface area (Å²) in [6.45, 7) is 3.75. The summed E-state index contributed by atoms with van der Waals surface area (Å²) >= 11 is 0. The van der Waals surface area contributed by atoms with Crippen LogP contribution < -0.4 is 0 Å². The molecule has 2 amide bonds. The molecule has 7 nitrogen and oxygen atoms in total. The van der Waals surface area contributed by atoms with Gasteiger partial charge in [-0.3, -0.25) is 19.6 Å². The fraction of sp³-hybridized carbons (Fsp3) is 0.333. The van der Waals surface area contributed by atoms with Gasteiger partial charge in [0, 0.05) is 45.5 Å². The predicted octanol–water partition coefficient (Wildman–Crippen LogP) is 2.39. The molecule has 1 fully saturated rings. The predicted molar refractivity (Wildman–Crippen MR) is 104 cm³/mol. The number of hydrogen-bond donors (Lipinski definition) is 0. The molecule has 4 rings (SSSR count). The molecule has 0 aromatic carbocycles. The molecule has 1 aliphatic rings. The lowest BCUT2D eigenvalue weighted by atomic mass is 9.97. The molecule has 144 valence electrons. The molecule has 0 bridgehead atoms. The van der Waals surface area contributed by atoms with Crippen LogP contribution in [0, 0.1) is 5.92 Å². The first-order chi connectivity index (χ1) is 13.6. The van der Waals surface area contributed by atoms with Crippen LogP contribution >= 0.6 is 0 Å². The maximum absolute atomic E-state index is 12.8. The summed E-state index contributed by atoms with van der Waals surface area (Å²) in [5.74, 6) is 0.303. The average molecular weight is 378 g/mol. The summed E-state index contributed by atoms with van der Waals surface area (Å²) in [4.78, 5) is 37.3. The zero-order valence-electron chi connectivity index (χ0n) is 15.7. The van der Waals surface area contributed by atoms with Gasteiger partial charge in [-0.15, -0.1) is 0 Å². The van der Waals surface area contributed by atoms with Gasteiger partial charge in [0.05, 0.1) is 17.3 Å². The third-order valence-corrected chi connectivity index (χ3v) is 5.15. The Hall–Kier alpha value is -3.22. The van der Waals surface area contributed by atoms with Gasteiger partial charge in [0.2, 0.25) is 5.91 Å².